The van der Waals surface area contributed by atoms with Crippen LogP contribution in [-0.2, 0) is 11.3 Å². The number of hydrogen-bond acceptors (Lipinski definition) is 2. The third-order valence-electron chi connectivity index (χ3n) is 2.02. The summed E-state index contributed by atoms with van der Waals surface area (Å²) in [5, 5.41) is 4.32. The topological polar surface area (TPSA) is 58.6 Å². The number of nitrogens with one attached hydrogen (secondary N) is 1. The Hall–Kier alpha value is -0.550. The first-order valence-electron chi connectivity index (χ1n) is 4.95. The molecule has 1 aromatic heterocycles. The van der Waals surface area contributed by atoms with Crippen molar-refractivity contribution in [1.82, 2.24) is 10.3 Å². The molecular formula is C10H13Cl3N3O+. The molecule has 1 aromatic rings. The highest BCUT2D eigenvalue weighted by Crippen LogP contribution is 2.27. The maximum Gasteiger partial charge on any atom is 0.262 e. The monoisotopic (exact) mass is 296 g/mol. The predicted octanol–water partition coefficient (Wildman–Crippen LogP) is 0.977. The number of aromatic nitrogens is 1. The van der Waals surface area contributed by atoms with E-state index in [-0.39, 0.29) is 5.91 Å². The molecule has 1 amide bonds. The van der Waals surface area contributed by atoms with Gasteiger partial charge in [-0.1, -0.05) is 40.9 Å². The minimum Gasteiger partial charge on any atom is -0.319 e. The van der Waals surface area contributed by atoms with Gasteiger partial charge in [0.2, 0.25) is 12.1 Å². The van der Waals surface area contributed by atoms with Crippen LogP contribution in [0.3, 0.4) is 0 Å². The van der Waals surface area contributed by atoms with Gasteiger partial charge in [0.05, 0.1) is 0 Å². The summed E-state index contributed by atoms with van der Waals surface area (Å²) in [6, 6.07) is 3.73. The highest BCUT2D eigenvalue weighted by molar-refractivity contribution is 6.68. The van der Waals surface area contributed by atoms with Crippen LogP contribution in [0.2, 0.25) is 0 Å². The van der Waals surface area contributed by atoms with Crippen molar-refractivity contribution in [3.8, 4) is 0 Å². The van der Waals surface area contributed by atoms with Crippen LogP contribution in [-0.4, -0.2) is 20.8 Å². The zero-order valence-corrected chi connectivity index (χ0v) is 11.4. The molecule has 0 saturated heterocycles. The number of nitrogens with two attached hydrogens (primary N) is 1. The van der Waals surface area contributed by atoms with Gasteiger partial charge in [0.25, 0.3) is 3.79 Å². The lowest BCUT2D eigenvalue weighted by molar-refractivity contribution is -0.707. The van der Waals surface area contributed by atoms with Crippen LogP contribution in [0.5, 0.6) is 0 Å². The molecule has 0 aliphatic rings. The third kappa shape index (κ3) is 5.55. The second-order valence-electron chi connectivity index (χ2n) is 3.52. The minimum atomic E-state index is -1.56. The number of pyridine rings is 1. The van der Waals surface area contributed by atoms with Crippen LogP contribution in [0.15, 0.2) is 24.5 Å². The average molecular weight is 298 g/mol. The summed E-state index contributed by atoms with van der Waals surface area (Å²) in [4.78, 5) is 15.0. The fourth-order valence-electron chi connectivity index (χ4n) is 1.27. The van der Waals surface area contributed by atoms with Gasteiger partial charge in [-0.3, -0.25) is 9.78 Å². The Morgan fingerprint density at radius 2 is 2.29 bits per heavy atom. The first-order chi connectivity index (χ1) is 7.89. The Balaban J connectivity index is 2.59. The molecule has 17 heavy (non-hydrogen) atoms. The molecule has 4 nitrogen and oxygen atoms in total. The van der Waals surface area contributed by atoms with Crippen molar-refractivity contribution < 1.29 is 10.1 Å². The highest BCUT2D eigenvalue weighted by atomic mass is 35.6. The van der Waals surface area contributed by atoms with Crippen LogP contribution in [0.25, 0.3) is 0 Å². The Morgan fingerprint density at radius 1 is 1.59 bits per heavy atom. The maximum absolute atomic E-state index is 11.0. The molecule has 1 heterocycles. The molecule has 1 unspecified atom stereocenters. The lowest BCUT2D eigenvalue weighted by Crippen LogP contribution is -2.95. The van der Waals surface area contributed by atoms with Crippen molar-refractivity contribution in [1.29, 1.82) is 0 Å². The van der Waals surface area contributed by atoms with E-state index < -0.39 is 9.96 Å². The van der Waals surface area contributed by atoms with E-state index >= 15 is 0 Å². The summed E-state index contributed by atoms with van der Waals surface area (Å²) >= 11 is 17.3. The lowest BCUT2D eigenvalue weighted by atomic mass is 10.3. The number of nitrogens with zero attached hydrogens (tertiary/aromatic N) is 1. The van der Waals surface area contributed by atoms with Gasteiger partial charge >= 0.3 is 0 Å². The van der Waals surface area contributed by atoms with Crippen molar-refractivity contribution >= 4 is 40.7 Å². The minimum absolute atomic E-state index is 0.247. The second kappa shape index (κ2) is 6.40. The van der Waals surface area contributed by atoms with Gasteiger partial charge in [0.1, 0.15) is 6.54 Å². The van der Waals surface area contributed by atoms with E-state index in [1.807, 2.05) is 12.1 Å². The number of amides is 1. The van der Waals surface area contributed by atoms with Crippen molar-refractivity contribution in [3.63, 3.8) is 0 Å². The number of quaternary nitrogens is 1. The smallest absolute Gasteiger partial charge is 0.262 e. The Kier molecular flexibility index (Phi) is 5.46. The Bertz CT molecular complexity index is 367. The van der Waals surface area contributed by atoms with Gasteiger partial charge < -0.3 is 10.6 Å². The largest absolute Gasteiger partial charge is 0.319 e. The van der Waals surface area contributed by atoms with E-state index in [2.05, 4.69) is 10.3 Å². The molecule has 0 fully saturated rings. The zero-order valence-electron chi connectivity index (χ0n) is 9.16. The molecule has 0 aromatic carbocycles. The van der Waals surface area contributed by atoms with Gasteiger partial charge in [0.15, 0.2) is 0 Å². The van der Waals surface area contributed by atoms with Crippen molar-refractivity contribution in [2.75, 3.05) is 0 Å². The molecule has 1 atom stereocenters. The Labute approximate surface area is 115 Å². The van der Waals surface area contributed by atoms with Crippen molar-refractivity contribution in [3.05, 3.63) is 30.1 Å². The van der Waals surface area contributed by atoms with E-state index in [0.717, 1.165) is 5.56 Å². The van der Waals surface area contributed by atoms with Gasteiger partial charge in [0, 0.05) is 24.9 Å². The molecule has 7 heteroatoms. The number of carbonyl (C=O) groups excluding carboxylic acids is 1. The highest BCUT2D eigenvalue weighted by Gasteiger charge is 2.36. The molecule has 1 rings (SSSR count). The molecule has 94 valence electrons. The molecule has 3 N–H and O–H groups in total. The van der Waals surface area contributed by atoms with Gasteiger partial charge in [-0.25, -0.2) is 0 Å². The molecule has 0 radical (unpaired) electrons. The molecule has 0 spiro atoms. The Morgan fingerprint density at radius 3 is 2.76 bits per heavy atom. The van der Waals surface area contributed by atoms with Gasteiger partial charge in [-0.2, -0.15) is 0 Å². The van der Waals surface area contributed by atoms with E-state index in [9.17, 15) is 4.79 Å². The van der Waals surface area contributed by atoms with Crippen LogP contribution in [0, 0.1) is 0 Å². The molecule has 0 aliphatic carbocycles. The van der Waals surface area contributed by atoms with Crippen LogP contribution >= 0.6 is 34.8 Å². The lowest BCUT2D eigenvalue weighted by Gasteiger charge is -2.22. The van der Waals surface area contributed by atoms with E-state index in [1.54, 1.807) is 17.7 Å². The summed E-state index contributed by atoms with van der Waals surface area (Å²) in [7, 11) is 0. The van der Waals surface area contributed by atoms with Gasteiger partial charge in [-0.05, 0) is 6.07 Å². The summed E-state index contributed by atoms with van der Waals surface area (Å²) in [5.74, 6) is -0.247. The van der Waals surface area contributed by atoms with E-state index in [4.69, 9.17) is 34.8 Å². The molecule has 0 bridgehead atoms. The quantitative estimate of drug-likeness (QED) is 0.643. The van der Waals surface area contributed by atoms with Crippen LogP contribution in [0.1, 0.15) is 12.5 Å². The SMILES string of the molecule is CC(=O)NC([NH2+]Cc1cccnc1)C(Cl)(Cl)Cl. The number of rotatable bonds is 4. The number of alkyl halides is 3. The standard InChI is InChI=1S/C10H12Cl3N3O/c1-7(17)16-9(10(11,12)13)15-6-8-3-2-4-14-5-8/h2-5,9,15H,6H2,1H3,(H,16,17)/p+1. The van der Waals surface area contributed by atoms with Gasteiger partial charge in [-0.15, -0.1) is 0 Å². The number of halogens is 3. The normalized spacial score (nSPS) is 13.2. The second-order valence-corrected chi connectivity index (χ2v) is 5.89. The number of hydrogen-bond donors (Lipinski definition) is 2. The van der Waals surface area contributed by atoms with Crippen LogP contribution in [0.4, 0.5) is 0 Å². The predicted molar refractivity (Wildman–Crippen MR) is 67.8 cm³/mol. The zero-order chi connectivity index (χ0) is 12.9. The molecule has 0 saturated carbocycles. The average Bonchev–Trinajstić information content (AvgIpc) is 2.23. The first-order valence-corrected chi connectivity index (χ1v) is 6.09. The fraction of sp³-hybridized carbons (Fsp3) is 0.400. The van der Waals surface area contributed by atoms with E-state index in [1.165, 1.54) is 6.92 Å². The summed E-state index contributed by atoms with van der Waals surface area (Å²) in [5.41, 5.74) is 0.983. The summed E-state index contributed by atoms with van der Waals surface area (Å²) in [6.07, 6.45) is 2.77. The molecule has 0 aliphatic heterocycles. The molecular weight excluding hydrogens is 284 g/mol. The fourth-order valence-corrected chi connectivity index (χ4v) is 1.70. The third-order valence-corrected chi connectivity index (χ3v) is 2.73. The van der Waals surface area contributed by atoms with Crippen LogP contribution < -0.4 is 10.6 Å². The van der Waals surface area contributed by atoms with Crippen molar-refractivity contribution in [2.24, 2.45) is 0 Å². The first kappa shape index (κ1) is 14.5. The van der Waals surface area contributed by atoms with E-state index in [0.29, 0.717) is 6.54 Å². The number of carbonyl (C=O) groups is 1. The summed E-state index contributed by atoms with van der Waals surface area (Å²) < 4.78 is -1.56. The maximum atomic E-state index is 11.0. The van der Waals surface area contributed by atoms with Crippen molar-refractivity contribution in [2.45, 2.75) is 23.4 Å². The summed E-state index contributed by atoms with van der Waals surface area (Å²) in [6.45, 7) is 1.94.